The van der Waals surface area contributed by atoms with Gasteiger partial charge in [-0.2, -0.15) is 15.3 Å². The molecule has 1 aliphatic heterocycles. The van der Waals surface area contributed by atoms with E-state index in [1.165, 1.54) is 0 Å². The molecule has 9 heteroatoms. The predicted octanol–water partition coefficient (Wildman–Crippen LogP) is 3.26. The van der Waals surface area contributed by atoms with Gasteiger partial charge in [0.05, 0.1) is 11.5 Å². The van der Waals surface area contributed by atoms with Crippen molar-refractivity contribution in [2.45, 2.75) is 32.2 Å². The maximum absolute atomic E-state index is 8.73. The lowest BCUT2D eigenvalue weighted by atomic mass is 10.1. The van der Waals surface area contributed by atoms with Crippen LogP contribution in [0.5, 0.6) is 0 Å². The fraction of sp³-hybridized carbons (Fsp3) is 0.444. The van der Waals surface area contributed by atoms with E-state index in [1.807, 2.05) is 24.4 Å². The molecule has 3 aromatic heterocycles. The molecule has 4 heterocycles. The zero-order chi connectivity index (χ0) is 18.6. The van der Waals surface area contributed by atoms with Gasteiger partial charge in [-0.25, -0.2) is 4.98 Å². The second kappa shape index (κ2) is 7.90. The minimum Gasteiger partial charge on any atom is -0.351 e. The van der Waals surface area contributed by atoms with Crippen molar-refractivity contribution in [3.05, 3.63) is 23.2 Å². The molecule has 0 atom stereocenters. The van der Waals surface area contributed by atoms with Crippen LogP contribution in [-0.2, 0) is 0 Å². The number of nitrogens with zero attached hydrogens (tertiary/aromatic N) is 5. The van der Waals surface area contributed by atoms with E-state index in [9.17, 15) is 0 Å². The zero-order valence-electron chi connectivity index (χ0n) is 15.2. The van der Waals surface area contributed by atoms with Gasteiger partial charge in [0.25, 0.3) is 0 Å². The van der Waals surface area contributed by atoms with Gasteiger partial charge in [-0.3, -0.25) is 5.10 Å². The van der Waals surface area contributed by atoms with Crippen molar-refractivity contribution in [1.29, 1.82) is 5.26 Å². The molecule has 3 N–H and O–H groups in total. The number of nitrogens with one attached hydrogen (secondary N) is 3. The molecule has 1 aliphatic rings. The number of likely N-dealkylation sites (tertiary alicyclic amines) is 1. The van der Waals surface area contributed by atoms with Gasteiger partial charge in [0.1, 0.15) is 10.6 Å². The number of hydrogen-bond donors (Lipinski definition) is 3. The molecular formula is C18H22N8S. The molecule has 4 rings (SSSR count). The second-order valence-corrected chi connectivity index (χ2v) is 7.66. The molecule has 0 spiro atoms. The van der Waals surface area contributed by atoms with Crippen molar-refractivity contribution in [2.24, 2.45) is 0 Å². The first-order valence-electron chi connectivity index (χ1n) is 9.11. The molecule has 0 saturated carbocycles. The average Bonchev–Trinajstić information content (AvgIpc) is 3.30. The molecule has 0 amide bonds. The minimum absolute atomic E-state index is 0.348. The van der Waals surface area contributed by atoms with E-state index in [-0.39, 0.29) is 0 Å². The SMILES string of the molecule is Cc1cc(Nc2nc(NC3CCN(CCC#N)CC3)nc3sccc23)n[nH]1. The van der Waals surface area contributed by atoms with Gasteiger partial charge in [0.2, 0.25) is 5.95 Å². The first-order valence-corrected chi connectivity index (χ1v) is 9.99. The van der Waals surface area contributed by atoms with Crippen LogP contribution in [0.25, 0.3) is 10.2 Å². The van der Waals surface area contributed by atoms with E-state index in [2.05, 4.69) is 36.8 Å². The Hall–Kier alpha value is -2.70. The summed E-state index contributed by atoms with van der Waals surface area (Å²) in [7, 11) is 0. The summed E-state index contributed by atoms with van der Waals surface area (Å²) in [6, 6.07) is 6.54. The van der Waals surface area contributed by atoms with E-state index in [0.29, 0.717) is 18.4 Å². The van der Waals surface area contributed by atoms with Crippen molar-refractivity contribution in [3.8, 4) is 6.07 Å². The Balaban J connectivity index is 1.47. The number of piperidine rings is 1. The van der Waals surface area contributed by atoms with Crippen molar-refractivity contribution in [2.75, 3.05) is 30.3 Å². The van der Waals surface area contributed by atoms with Gasteiger partial charge in [-0.1, -0.05) is 0 Å². The first-order chi connectivity index (χ1) is 13.2. The summed E-state index contributed by atoms with van der Waals surface area (Å²) >= 11 is 1.60. The predicted molar refractivity (Wildman–Crippen MR) is 107 cm³/mol. The van der Waals surface area contributed by atoms with Crippen molar-refractivity contribution in [3.63, 3.8) is 0 Å². The Labute approximate surface area is 161 Å². The number of thiophene rings is 1. The second-order valence-electron chi connectivity index (χ2n) is 6.76. The first kappa shape index (κ1) is 17.7. The summed E-state index contributed by atoms with van der Waals surface area (Å²) < 4.78 is 0. The third-order valence-corrected chi connectivity index (χ3v) is 5.54. The zero-order valence-corrected chi connectivity index (χ0v) is 16.0. The topological polar surface area (TPSA) is 106 Å². The molecule has 0 aliphatic carbocycles. The lowest BCUT2D eigenvalue weighted by Crippen LogP contribution is -2.39. The summed E-state index contributed by atoms with van der Waals surface area (Å²) in [6.07, 6.45) is 2.65. The third-order valence-electron chi connectivity index (χ3n) is 4.74. The highest BCUT2D eigenvalue weighted by atomic mass is 32.1. The fourth-order valence-corrected chi connectivity index (χ4v) is 4.07. The van der Waals surface area contributed by atoms with E-state index < -0.39 is 0 Å². The number of rotatable bonds is 6. The standard InChI is InChI=1S/C18H22N8S/c1-12-11-15(25-24-12)21-16-14-5-10-27-17(14)23-18(22-16)20-13-3-8-26(9-4-13)7-2-6-19/h5,10-11,13H,2-4,7-9H2,1H3,(H3,20,21,22,23,24,25). The van der Waals surface area contributed by atoms with Crippen LogP contribution < -0.4 is 10.6 Å². The Morgan fingerprint density at radius 3 is 2.96 bits per heavy atom. The smallest absolute Gasteiger partial charge is 0.226 e. The molecule has 3 aromatic rings. The van der Waals surface area contributed by atoms with Crippen LogP contribution in [0.4, 0.5) is 17.6 Å². The summed E-state index contributed by atoms with van der Waals surface area (Å²) in [4.78, 5) is 12.7. The van der Waals surface area contributed by atoms with Gasteiger partial charge < -0.3 is 15.5 Å². The summed E-state index contributed by atoms with van der Waals surface area (Å²) in [5.41, 5.74) is 0.995. The van der Waals surface area contributed by atoms with Gasteiger partial charge >= 0.3 is 0 Å². The average molecular weight is 382 g/mol. The normalized spacial score (nSPS) is 15.7. The highest BCUT2D eigenvalue weighted by molar-refractivity contribution is 7.16. The Kier molecular flexibility index (Phi) is 5.18. The molecule has 8 nitrogen and oxygen atoms in total. The van der Waals surface area contributed by atoms with Gasteiger partial charge in [-0.05, 0) is 31.2 Å². The molecule has 1 saturated heterocycles. The van der Waals surface area contributed by atoms with Crippen LogP contribution in [0.15, 0.2) is 17.5 Å². The van der Waals surface area contributed by atoms with Crippen LogP contribution in [0, 0.1) is 18.3 Å². The number of anilines is 3. The van der Waals surface area contributed by atoms with Gasteiger partial charge in [0, 0.05) is 43.9 Å². The number of aromatic amines is 1. The number of hydrogen-bond acceptors (Lipinski definition) is 8. The van der Waals surface area contributed by atoms with Gasteiger partial charge in [0.15, 0.2) is 5.82 Å². The number of H-pyrrole nitrogens is 1. The Bertz CT molecular complexity index is 948. The van der Waals surface area contributed by atoms with Crippen LogP contribution in [0.2, 0.25) is 0 Å². The molecule has 0 unspecified atom stereocenters. The molecular weight excluding hydrogens is 360 g/mol. The van der Waals surface area contributed by atoms with E-state index >= 15 is 0 Å². The molecule has 27 heavy (non-hydrogen) atoms. The molecule has 140 valence electrons. The monoisotopic (exact) mass is 382 g/mol. The largest absolute Gasteiger partial charge is 0.351 e. The van der Waals surface area contributed by atoms with Crippen molar-refractivity contribution < 1.29 is 0 Å². The highest BCUT2D eigenvalue weighted by Gasteiger charge is 2.20. The molecule has 0 aromatic carbocycles. The summed E-state index contributed by atoms with van der Waals surface area (Å²) in [5.74, 6) is 2.16. The molecule has 1 fully saturated rings. The third kappa shape index (κ3) is 4.18. The number of fused-ring (bicyclic) bond motifs is 1. The minimum atomic E-state index is 0.348. The van der Waals surface area contributed by atoms with E-state index in [1.54, 1.807) is 11.3 Å². The van der Waals surface area contributed by atoms with Crippen molar-refractivity contribution >= 4 is 39.1 Å². The quantitative estimate of drug-likeness (QED) is 0.601. The Morgan fingerprint density at radius 1 is 1.37 bits per heavy atom. The Morgan fingerprint density at radius 2 is 2.22 bits per heavy atom. The number of aryl methyl sites for hydroxylation is 1. The molecule has 0 radical (unpaired) electrons. The highest BCUT2D eigenvalue weighted by Crippen LogP contribution is 2.29. The maximum Gasteiger partial charge on any atom is 0.226 e. The van der Waals surface area contributed by atoms with E-state index in [0.717, 1.165) is 60.0 Å². The van der Waals surface area contributed by atoms with Gasteiger partial charge in [-0.15, -0.1) is 11.3 Å². The van der Waals surface area contributed by atoms with Crippen LogP contribution in [0.3, 0.4) is 0 Å². The lowest BCUT2D eigenvalue weighted by molar-refractivity contribution is 0.223. The summed E-state index contributed by atoms with van der Waals surface area (Å²) in [5, 5.41) is 25.7. The van der Waals surface area contributed by atoms with Crippen LogP contribution in [-0.4, -0.2) is 50.7 Å². The fourth-order valence-electron chi connectivity index (χ4n) is 3.31. The molecule has 0 bridgehead atoms. The van der Waals surface area contributed by atoms with E-state index in [4.69, 9.17) is 10.2 Å². The summed E-state index contributed by atoms with van der Waals surface area (Å²) in [6.45, 7) is 4.82. The maximum atomic E-state index is 8.73. The number of nitriles is 1. The van der Waals surface area contributed by atoms with Crippen LogP contribution >= 0.6 is 11.3 Å². The van der Waals surface area contributed by atoms with Crippen molar-refractivity contribution in [1.82, 2.24) is 25.1 Å². The number of aromatic nitrogens is 4. The van der Waals surface area contributed by atoms with Crippen LogP contribution in [0.1, 0.15) is 25.0 Å². The lowest BCUT2D eigenvalue weighted by Gasteiger charge is -2.31.